The van der Waals surface area contributed by atoms with Crippen LogP contribution in [-0.2, 0) is 11.3 Å². The maximum Gasteiger partial charge on any atom is 0.387 e. The maximum atomic E-state index is 12.3. The van der Waals surface area contributed by atoms with Crippen LogP contribution in [0.25, 0.3) is 0 Å². The molecule has 138 valence electrons. The molecule has 1 aliphatic heterocycles. The summed E-state index contributed by atoms with van der Waals surface area (Å²) in [6.07, 6.45) is 4.39. The summed E-state index contributed by atoms with van der Waals surface area (Å²) in [4.78, 5) is 22.5. The van der Waals surface area contributed by atoms with Gasteiger partial charge in [0, 0.05) is 19.3 Å². The second-order valence-corrected chi connectivity index (χ2v) is 5.58. The lowest BCUT2D eigenvalue weighted by Crippen LogP contribution is -2.36. The molecule has 1 fully saturated rings. The van der Waals surface area contributed by atoms with Crippen LogP contribution in [0.5, 0.6) is 5.75 Å². The topological polar surface area (TPSA) is 76.6 Å². The number of anilines is 1. The van der Waals surface area contributed by atoms with E-state index in [1.54, 1.807) is 12.3 Å². The fraction of sp³-hybridized carbons (Fsp3) is 0.353. The number of aromatic nitrogens is 2. The van der Waals surface area contributed by atoms with Crippen molar-refractivity contribution in [3.8, 4) is 5.75 Å². The monoisotopic (exact) mass is 364 g/mol. The third-order valence-corrected chi connectivity index (χ3v) is 3.82. The Hall–Kier alpha value is -2.81. The lowest BCUT2D eigenvalue weighted by Gasteiger charge is -2.28. The highest BCUT2D eigenvalue weighted by Gasteiger charge is 2.14. The van der Waals surface area contributed by atoms with Gasteiger partial charge in [-0.1, -0.05) is 0 Å². The van der Waals surface area contributed by atoms with Crippen molar-refractivity contribution in [3.05, 3.63) is 48.0 Å². The Morgan fingerprint density at radius 2 is 2.08 bits per heavy atom. The summed E-state index contributed by atoms with van der Waals surface area (Å²) in [7, 11) is 0. The first kappa shape index (κ1) is 18.0. The zero-order valence-corrected chi connectivity index (χ0v) is 13.9. The van der Waals surface area contributed by atoms with E-state index < -0.39 is 6.61 Å². The van der Waals surface area contributed by atoms with Gasteiger partial charge < -0.3 is 19.7 Å². The summed E-state index contributed by atoms with van der Waals surface area (Å²) in [5.74, 6) is -0.320. The van der Waals surface area contributed by atoms with Crippen LogP contribution in [-0.4, -0.2) is 48.8 Å². The number of carbonyl (C=O) groups excluding carboxylic acids is 1. The molecule has 26 heavy (non-hydrogen) atoms. The van der Waals surface area contributed by atoms with Gasteiger partial charge in [-0.3, -0.25) is 14.8 Å². The fourth-order valence-corrected chi connectivity index (χ4v) is 2.51. The molecule has 0 unspecified atom stereocenters. The summed E-state index contributed by atoms with van der Waals surface area (Å²) in [5.41, 5.74) is 1.83. The van der Waals surface area contributed by atoms with E-state index in [4.69, 9.17) is 4.74 Å². The highest BCUT2D eigenvalue weighted by molar-refractivity contribution is 5.94. The molecule has 1 saturated heterocycles. The van der Waals surface area contributed by atoms with Gasteiger partial charge in [-0.2, -0.15) is 8.78 Å². The minimum Gasteiger partial charge on any atom is -0.433 e. The van der Waals surface area contributed by atoms with E-state index in [0.717, 1.165) is 18.8 Å². The molecule has 1 aliphatic rings. The SMILES string of the molecule is O=C(NCc1ccc(OC(F)F)cn1)c1cncc(N2CCOCC2)c1. The third-order valence-electron chi connectivity index (χ3n) is 3.82. The number of alkyl halides is 2. The predicted octanol–water partition coefficient (Wildman–Crippen LogP) is 1.84. The number of carbonyl (C=O) groups is 1. The van der Waals surface area contributed by atoms with Gasteiger partial charge in [-0.25, -0.2) is 0 Å². The Kier molecular flexibility index (Phi) is 5.90. The second-order valence-electron chi connectivity index (χ2n) is 5.58. The molecule has 0 spiro atoms. The van der Waals surface area contributed by atoms with Gasteiger partial charge in [0.15, 0.2) is 0 Å². The van der Waals surface area contributed by atoms with Gasteiger partial charge in [0.05, 0.1) is 49.1 Å². The number of hydrogen-bond acceptors (Lipinski definition) is 6. The Morgan fingerprint density at radius 1 is 1.27 bits per heavy atom. The molecule has 0 aromatic carbocycles. The van der Waals surface area contributed by atoms with E-state index in [1.165, 1.54) is 24.5 Å². The minimum absolute atomic E-state index is 0.0301. The van der Waals surface area contributed by atoms with Gasteiger partial charge in [0.1, 0.15) is 5.75 Å². The largest absolute Gasteiger partial charge is 0.433 e. The first-order valence-electron chi connectivity index (χ1n) is 8.07. The molecule has 1 amide bonds. The number of amides is 1. The molecule has 0 saturated carbocycles. The van der Waals surface area contributed by atoms with E-state index in [-0.39, 0.29) is 18.2 Å². The predicted molar refractivity (Wildman–Crippen MR) is 89.3 cm³/mol. The van der Waals surface area contributed by atoms with Gasteiger partial charge in [0.2, 0.25) is 0 Å². The van der Waals surface area contributed by atoms with Crippen molar-refractivity contribution in [2.45, 2.75) is 13.2 Å². The molecule has 0 radical (unpaired) electrons. The van der Waals surface area contributed by atoms with Gasteiger partial charge in [-0.05, 0) is 18.2 Å². The molecule has 0 aliphatic carbocycles. The number of nitrogens with one attached hydrogen (secondary N) is 1. The van der Waals surface area contributed by atoms with Gasteiger partial charge >= 0.3 is 6.61 Å². The number of nitrogens with zero attached hydrogens (tertiary/aromatic N) is 3. The van der Waals surface area contributed by atoms with Crippen LogP contribution < -0.4 is 15.0 Å². The number of halogens is 2. The van der Waals surface area contributed by atoms with Gasteiger partial charge in [-0.15, -0.1) is 0 Å². The van der Waals surface area contributed by atoms with Crippen molar-refractivity contribution in [2.75, 3.05) is 31.2 Å². The maximum absolute atomic E-state index is 12.3. The summed E-state index contributed by atoms with van der Waals surface area (Å²) in [5, 5.41) is 2.73. The first-order valence-corrected chi connectivity index (χ1v) is 8.07. The van der Waals surface area contributed by atoms with Crippen molar-refractivity contribution in [1.82, 2.24) is 15.3 Å². The van der Waals surface area contributed by atoms with E-state index in [1.807, 2.05) is 0 Å². The molecule has 0 bridgehead atoms. The molecule has 9 heteroatoms. The average Bonchev–Trinajstić information content (AvgIpc) is 2.67. The molecule has 3 rings (SSSR count). The molecule has 0 atom stereocenters. The van der Waals surface area contributed by atoms with Crippen molar-refractivity contribution in [1.29, 1.82) is 0 Å². The number of morpholine rings is 1. The highest BCUT2D eigenvalue weighted by atomic mass is 19.3. The Morgan fingerprint density at radius 3 is 2.77 bits per heavy atom. The van der Waals surface area contributed by atoms with Crippen molar-refractivity contribution < 1.29 is 23.0 Å². The van der Waals surface area contributed by atoms with Crippen LogP contribution in [0.1, 0.15) is 16.1 Å². The number of ether oxygens (including phenoxy) is 2. The summed E-state index contributed by atoms with van der Waals surface area (Å²) < 4.78 is 33.8. The first-order chi connectivity index (χ1) is 12.6. The van der Waals surface area contributed by atoms with Crippen LogP contribution in [0.3, 0.4) is 0 Å². The second kappa shape index (κ2) is 8.52. The molecular formula is C17H18F2N4O3. The quantitative estimate of drug-likeness (QED) is 0.843. The zero-order valence-electron chi connectivity index (χ0n) is 13.9. The van der Waals surface area contributed by atoms with Crippen LogP contribution in [0.4, 0.5) is 14.5 Å². The Bertz CT molecular complexity index is 737. The summed E-state index contributed by atoms with van der Waals surface area (Å²) in [6, 6.07) is 4.67. The smallest absolute Gasteiger partial charge is 0.387 e. The minimum atomic E-state index is -2.89. The standard InChI is InChI=1S/C17H18F2N4O3/c18-17(19)26-15-2-1-13(21-11-15)9-22-16(24)12-7-14(10-20-8-12)23-3-5-25-6-4-23/h1-2,7-8,10-11,17H,3-6,9H2,(H,22,24). The Balaban J connectivity index is 1.57. The zero-order chi connectivity index (χ0) is 18.4. The number of hydrogen-bond donors (Lipinski definition) is 1. The lowest BCUT2D eigenvalue weighted by atomic mass is 10.2. The molecule has 3 heterocycles. The molecule has 7 nitrogen and oxygen atoms in total. The number of rotatable bonds is 6. The van der Waals surface area contributed by atoms with E-state index in [2.05, 4.69) is 24.9 Å². The molecule has 2 aromatic rings. The van der Waals surface area contributed by atoms with E-state index in [0.29, 0.717) is 24.5 Å². The van der Waals surface area contributed by atoms with E-state index in [9.17, 15) is 13.6 Å². The highest BCUT2D eigenvalue weighted by Crippen LogP contribution is 2.16. The lowest BCUT2D eigenvalue weighted by molar-refractivity contribution is -0.0500. The van der Waals surface area contributed by atoms with Crippen LogP contribution >= 0.6 is 0 Å². The summed E-state index contributed by atoms with van der Waals surface area (Å²) in [6.45, 7) is 0.0672. The van der Waals surface area contributed by atoms with Crippen molar-refractivity contribution >= 4 is 11.6 Å². The molecule has 1 N–H and O–H groups in total. The molecular weight excluding hydrogens is 346 g/mol. The normalized spacial score (nSPS) is 14.3. The van der Waals surface area contributed by atoms with E-state index >= 15 is 0 Å². The van der Waals surface area contributed by atoms with Crippen molar-refractivity contribution in [2.24, 2.45) is 0 Å². The van der Waals surface area contributed by atoms with Gasteiger partial charge in [0.25, 0.3) is 5.91 Å². The van der Waals surface area contributed by atoms with Crippen LogP contribution in [0, 0.1) is 0 Å². The Labute approximate surface area is 149 Å². The fourth-order valence-electron chi connectivity index (χ4n) is 2.51. The average molecular weight is 364 g/mol. The van der Waals surface area contributed by atoms with Crippen LogP contribution in [0.15, 0.2) is 36.8 Å². The van der Waals surface area contributed by atoms with Crippen LogP contribution in [0.2, 0.25) is 0 Å². The summed E-state index contributed by atoms with van der Waals surface area (Å²) >= 11 is 0. The third kappa shape index (κ3) is 4.85. The van der Waals surface area contributed by atoms with Crippen molar-refractivity contribution in [3.63, 3.8) is 0 Å². The number of pyridine rings is 2. The molecule has 2 aromatic heterocycles.